The molecule has 0 aromatic heterocycles. The second-order valence-corrected chi connectivity index (χ2v) is 8.79. The monoisotopic (exact) mass is 467 g/mol. The van der Waals surface area contributed by atoms with Crippen LogP contribution in [0.25, 0.3) is 10.8 Å². The van der Waals surface area contributed by atoms with Gasteiger partial charge in [-0.15, -0.1) is 0 Å². The van der Waals surface area contributed by atoms with Crippen molar-refractivity contribution < 1.29 is 19.0 Å². The Kier molecular flexibility index (Phi) is 6.68. The molecular weight excluding hydrogens is 438 g/mol. The number of hydrogen-bond acceptors (Lipinski definition) is 5. The van der Waals surface area contributed by atoms with Crippen molar-refractivity contribution in [3.05, 3.63) is 107 Å². The lowest BCUT2D eigenvalue weighted by molar-refractivity contribution is 0.0597. The summed E-state index contributed by atoms with van der Waals surface area (Å²) < 4.78 is 16.7. The summed E-state index contributed by atoms with van der Waals surface area (Å²) in [5.41, 5.74) is 3.87. The van der Waals surface area contributed by atoms with Gasteiger partial charge >= 0.3 is 5.97 Å². The van der Waals surface area contributed by atoms with E-state index in [2.05, 4.69) is 53.8 Å². The topological polar surface area (TPSA) is 56.8 Å². The van der Waals surface area contributed by atoms with Crippen LogP contribution in [0.2, 0.25) is 0 Å². The average Bonchev–Trinajstić information content (AvgIpc) is 2.92. The fraction of sp³-hybridized carbons (Fsp3) is 0.233. The molecule has 0 fully saturated rings. The molecule has 4 aromatic rings. The molecule has 5 nitrogen and oxygen atoms in total. The van der Waals surface area contributed by atoms with Crippen LogP contribution in [-0.4, -0.2) is 32.8 Å². The van der Waals surface area contributed by atoms with Gasteiger partial charge < -0.3 is 19.5 Å². The molecule has 35 heavy (non-hydrogen) atoms. The summed E-state index contributed by atoms with van der Waals surface area (Å²) in [6.45, 7) is 1.48. The Hall–Kier alpha value is -3.83. The Morgan fingerprint density at radius 2 is 1.77 bits per heavy atom. The minimum absolute atomic E-state index is 0.00597. The molecule has 2 atom stereocenters. The number of esters is 1. The molecule has 0 radical (unpaired) electrons. The third kappa shape index (κ3) is 4.73. The van der Waals surface area contributed by atoms with Crippen molar-refractivity contribution in [2.24, 2.45) is 0 Å². The molecule has 5 rings (SSSR count). The first kappa shape index (κ1) is 22.9. The van der Waals surface area contributed by atoms with E-state index in [9.17, 15) is 4.79 Å². The maximum Gasteiger partial charge on any atom is 0.341 e. The van der Waals surface area contributed by atoms with Crippen molar-refractivity contribution in [2.75, 3.05) is 20.8 Å². The van der Waals surface area contributed by atoms with Crippen molar-refractivity contribution >= 4 is 16.7 Å². The predicted octanol–water partition coefficient (Wildman–Crippen LogP) is 5.71. The standard InChI is InChI=1S/C30H29NO4/c1-33-28-15-14-21(16-27(28)30(32)34-2)26-17-23(35-29-13-6-5-12-25(26)29)19-31-18-22-10-7-9-20-8-3-4-11-24(20)22/h3-16,23,26,31H,17-19H2,1-2H3. The minimum Gasteiger partial charge on any atom is -0.496 e. The smallest absolute Gasteiger partial charge is 0.341 e. The first-order chi connectivity index (χ1) is 17.2. The van der Waals surface area contributed by atoms with E-state index in [1.807, 2.05) is 36.4 Å². The average molecular weight is 468 g/mol. The molecule has 5 heteroatoms. The van der Waals surface area contributed by atoms with Crippen molar-refractivity contribution in [3.8, 4) is 11.5 Å². The van der Waals surface area contributed by atoms with Gasteiger partial charge in [-0.25, -0.2) is 4.79 Å². The third-order valence-electron chi connectivity index (χ3n) is 6.69. The SMILES string of the molecule is COC(=O)c1cc(C2CC(CNCc3cccc4ccccc34)Oc3ccccc32)ccc1OC. The van der Waals surface area contributed by atoms with E-state index in [4.69, 9.17) is 14.2 Å². The lowest BCUT2D eigenvalue weighted by atomic mass is 9.83. The van der Waals surface area contributed by atoms with E-state index in [0.717, 1.165) is 29.8 Å². The Balaban J connectivity index is 1.37. The van der Waals surface area contributed by atoms with Crippen LogP contribution in [0, 0.1) is 0 Å². The summed E-state index contributed by atoms with van der Waals surface area (Å²) in [5, 5.41) is 6.12. The quantitative estimate of drug-likeness (QED) is 0.353. The number of para-hydroxylation sites is 1. The molecule has 0 aliphatic carbocycles. The second kappa shape index (κ2) is 10.2. The third-order valence-corrected chi connectivity index (χ3v) is 6.69. The number of carbonyl (C=O) groups excluding carboxylic acids is 1. The van der Waals surface area contributed by atoms with E-state index in [1.54, 1.807) is 7.11 Å². The van der Waals surface area contributed by atoms with Crippen molar-refractivity contribution in [2.45, 2.75) is 25.0 Å². The number of fused-ring (bicyclic) bond motifs is 2. The Morgan fingerprint density at radius 1 is 0.971 bits per heavy atom. The van der Waals surface area contributed by atoms with Gasteiger partial charge in [0.15, 0.2) is 0 Å². The number of nitrogens with one attached hydrogen (secondary N) is 1. The van der Waals surface area contributed by atoms with E-state index >= 15 is 0 Å². The zero-order valence-corrected chi connectivity index (χ0v) is 20.0. The summed E-state index contributed by atoms with van der Waals surface area (Å²) in [6.07, 6.45) is 0.792. The molecule has 0 amide bonds. The molecule has 0 saturated heterocycles. The Morgan fingerprint density at radius 3 is 2.63 bits per heavy atom. The van der Waals surface area contributed by atoms with Crippen LogP contribution in [0.3, 0.4) is 0 Å². The maximum atomic E-state index is 12.4. The van der Waals surface area contributed by atoms with Gasteiger partial charge in [-0.3, -0.25) is 0 Å². The van der Waals surface area contributed by atoms with Gasteiger partial charge in [-0.05, 0) is 46.5 Å². The number of hydrogen-bond donors (Lipinski definition) is 1. The summed E-state index contributed by atoms with van der Waals surface area (Å²) in [6, 6.07) is 28.8. The van der Waals surface area contributed by atoms with Crippen molar-refractivity contribution in [1.29, 1.82) is 0 Å². The zero-order valence-electron chi connectivity index (χ0n) is 20.0. The van der Waals surface area contributed by atoms with Crippen LogP contribution < -0.4 is 14.8 Å². The lowest BCUT2D eigenvalue weighted by Gasteiger charge is -2.33. The fourth-order valence-electron chi connectivity index (χ4n) is 4.96. The van der Waals surface area contributed by atoms with Crippen LogP contribution in [0.15, 0.2) is 84.9 Å². The van der Waals surface area contributed by atoms with E-state index in [-0.39, 0.29) is 12.0 Å². The Labute approximate surface area is 205 Å². The van der Waals surface area contributed by atoms with Crippen LogP contribution >= 0.6 is 0 Å². The van der Waals surface area contributed by atoms with E-state index < -0.39 is 5.97 Å². The summed E-state index contributed by atoms with van der Waals surface area (Å²) >= 11 is 0. The van der Waals surface area contributed by atoms with Crippen LogP contribution in [-0.2, 0) is 11.3 Å². The molecule has 0 bridgehead atoms. The number of ether oxygens (including phenoxy) is 3. The van der Waals surface area contributed by atoms with Gasteiger partial charge in [0.2, 0.25) is 0 Å². The van der Waals surface area contributed by atoms with Crippen LogP contribution in [0.5, 0.6) is 11.5 Å². The lowest BCUT2D eigenvalue weighted by Crippen LogP contribution is -2.35. The molecule has 178 valence electrons. The highest BCUT2D eigenvalue weighted by atomic mass is 16.5. The molecule has 4 aromatic carbocycles. The normalized spacial score (nSPS) is 16.9. The van der Waals surface area contributed by atoms with Gasteiger partial charge in [0.1, 0.15) is 23.2 Å². The molecule has 1 aliphatic rings. The summed E-state index contributed by atoms with van der Waals surface area (Å²) in [7, 11) is 2.94. The first-order valence-corrected chi connectivity index (χ1v) is 11.9. The fourth-order valence-corrected chi connectivity index (χ4v) is 4.96. The number of carbonyl (C=O) groups is 1. The summed E-state index contributed by atoms with van der Waals surface area (Å²) in [5.74, 6) is 1.08. The first-order valence-electron chi connectivity index (χ1n) is 11.9. The molecule has 2 unspecified atom stereocenters. The molecule has 0 saturated carbocycles. The van der Waals surface area contributed by atoms with Crippen LogP contribution in [0.1, 0.15) is 39.4 Å². The highest BCUT2D eigenvalue weighted by molar-refractivity contribution is 5.92. The van der Waals surface area contributed by atoms with Gasteiger partial charge in [-0.1, -0.05) is 66.7 Å². The van der Waals surface area contributed by atoms with Gasteiger partial charge in [0, 0.05) is 24.6 Å². The molecular formula is C30H29NO4. The maximum absolute atomic E-state index is 12.4. The molecule has 1 N–H and O–H groups in total. The largest absolute Gasteiger partial charge is 0.496 e. The molecule has 1 heterocycles. The highest BCUT2D eigenvalue weighted by Crippen LogP contribution is 2.41. The van der Waals surface area contributed by atoms with Gasteiger partial charge in [0.05, 0.1) is 14.2 Å². The zero-order chi connectivity index (χ0) is 24.2. The van der Waals surface area contributed by atoms with Crippen molar-refractivity contribution in [1.82, 2.24) is 5.32 Å². The highest BCUT2D eigenvalue weighted by Gasteiger charge is 2.30. The molecule has 0 spiro atoms. The van der Waals surface area contributed by atoms with Gasteiger partial charge in [-0.2, -0.15) is 0 Å². The van der Waals surface area contributed by atoms with E-state index in [0.29, 0.717) is 17.9 Å². The minimum atomic E-state index is -0.405. The summed E-state index contributed by atoms with van der Waals surface area (Å²) in [4.78, 5) is 12.4. The van der Waals surface area contributed by atoms with Crippen LogP contribution in [0.4, 0.5) is 0 Å². The van der Waals surface area contributed by atoms with E-state index in [1.165, 1.54) is 23.4 Å². The van der Waals surface area contributed by atoms with Gasteiger partial charge in [0.25, 0.3) is 0 Å². The predicted molar refractivity (Wildman–Crippen MR) is 137 cm³/mol. The molecule has 1 aliphatic heterocycles. The second-order valence-electron chi connectivity index (χ2n) is 8.79. The number of rotatable bonds is 7. The number of benzene rings is 4. The Bertz CT molecular complexity index is 1340. The van der Waals surface area contributed by atoms with Crippen molar-refractivity contribution in [3.63, 3.8) is 0 Å². The number of methoxy groups -OCH3 is 2.